The van der Waals surface area contributed by atoms with E-state index in [2.05, 4.69) is 29.0 Å². The number of ether oxygens (including phenoxy) is 2. The van der Waals surface area contributed by atoms with Crippen molar-refractivity contribution < 1.29 is 9.47 Å². The zero-order valence-electron chi connectivity index (χ0n) is 19.4. The number of nitrogens with one attached hydrogen (secondary N) is 2. The van der Waals surface area contributed by atoms with Gasteiger partial charge < -0.3 is 29.6 Å². The first kappa shape index (κ1) is 24.3. The number of aromatic amines is 1. The molecular formula is C25H29ClN4O3S. The van der Waals surface area contributed by atoms with E-state index in [9.17, 15) is 4.79 Å². The number of hydrogen-bond donors (Lipinski definition) is 2. The van der Waals surface area contributed by atoms with Crippen molar-refractivity contribution in [3.63, 3.8) is 0 Å². The minimum Gasteiger partial charge on any atom is -0.486 e. The third-order valence-corrected chi connectivity index (χ3v) is 6.48. The number of hydrogen-bond acceptors (Lipinski definition) is 5. The Labute approximate surface area is 209 Å². The van der Waals surface area contributed by atoms with Gasteiger partial charge >= 0.3 is 0 Å². The predicted molar refractivity (Wildman–Crippen MR) is 141 cm³/mol. The van der Waals surface area contributed by atoms with Crippen LogP contribution in [0.15, 0.2) is 47.3 Å². The molecule has 3 aromatic rings. The average Bonchev–Trinajstić information content (AvgIpc) is 2.83. The van der Waals surface area contributed by atoms with Gasteiger partial charge in [-0.1, -0.05) is 31.5 Å². The molecule has 34 heavy (non-hydrogen) atoms. The van der Waals surface area contributed by atoms with E-state index in [-0.39, 0.29) is 5.56 Å². The molecule has 1 aromatic heterocycles. The fourth-order valence-corrected chi connectivity index (χ4v) is 4.40. The van der Waals surface area contributed by atoms with E-state index in [1.807, 2.05) is 47.4 Å². The number of fused-ring (bicyclic) bond motifs is 2. The largest absolute Gasteiger partial charge is 0.486 e. The molecule has 0 atom stereocenters. The van der Waals surface area contributed by atoms with Crippen molar-refractivity contribution >= 4 is 45.5 Å². The summed E-state index contributed by atoms with van der Waals surface area (Å²) < 4.78 is 11.4. The zero-order chi connectivity index (χ0) is 24.1. The molecule has 0 aliphatic carbocycles. The lowest BCUT2D eigenvalue weighted by atomic mass is 10.1. The first-order valence-electron chi connectivity index (χ1n) is 11.5. The van der Waals surface area contributed by atoms with Gasteiger partial charge in [-0.05, 0) is 55.6 Å². The highest BCUT2D eigenvalue weighted by Gasteiger charge is 2.17. The molecule has 0 saturated heterocycles. The third kappa shape index (κ3) is 5.81. The van der Waals surface area contributed by atoms with Gasteiger partial charge in [0.2, 0.25) is 0 Å². The fraction of sp³-hybridized carbons (Fsp3) is 0.360. The van der Waals surface area contributed by atoms with Crippen LogP contribution >= 0.6 is 23.8 Å². The number of anilines is 1. The molecule has 2 N–H and O–H groups in total. The van der Waals surface area contributed by atoms with Crippen LogP contribution in [0.2, 0.25) is 5.02 Å². The van der Waals surface area contributed by atoms with E-state index in [4.69, 9.17) is 33.3 Å². The van der Waals surface area contributed by atoms with Crippen LogP contribution in [-0.2, 0) is 6.54 Å². The molecule has 2 heterocycles. The number of rotatable bonds is 8. The molecular weight excluding hydrogens is 472 g/mol. The summed E-state index contributed by atoms with van der Waals surface area (Å²) in [5, 5.41) is 5.32. The Hall–Kier alpha value is -2.81. The number of nitrogens with zero attached hydrogens (tertiary/aromatic N) is 2. The van der Waals surface area contributed by atoms with Gasteiger partial charge in [-0.25, -0.2) is 0 Å². The van der Waals surface area contributed by atoms with Gasteiger partial charge in [0.25, 0.3) is 5.56 Å². The number of aromatic nitrogens is 1. The number of pyridine rings is 1. The van der Waals surface area contributed by atoms with Gasteiger partial charge in [0, 0.05) is 40.8 Å². The molecule has 9 heteroatoms. The topological polar surface area (TPSA) is 69.8 Å². The summed E-state index contributed by atoms with van der Waals surface area (Å²) in [6.07, 6.45) is 0. The van der Waals surface area contributed by atoms with Gasteiger partial charge in [0.15, 0.2) is 16.6 Å². The molecule has 0 spiro atoms. The van der Waals surface area contributed by atoms with E-state index in [1.165, 1.54) is 0 Å². The molecule has 180 valence electrons. The fourth-order valence-electron chi connectivity index (χ4n) is 3.93. The Morgan fingerprint density at radius 2 is 1.82 bits per heavy atom. The molecule has 7 nitrogen and oxygen atoms in total. The highest BCUT2D eigenvalue weighted by atomic mass is 35.5. The lowest BCUT2D eigenvalue weighted by molar-refractivity contribution is 0.172. The molecule has 4 rings (SSSR count). The van der Waals surface area contributed by atoms with E-state index < -0.39 is 0 Å². The molecule has 0 amide bonds. The van der Waals surface area contributed by atoms with E-state index in [0.29, 0.717) is 59.0 Å². The SMILES string of the molecule is CCN(CC)CCN(Cc1cc2cc3c(cc2[nH]c1=O)OCCO3)C(=S)Nc1cccc(Cl)c1. The molecule has 0 bridgehead atoms. The van der Waals surface area contributed by atoms with Gasteiger partial charge in [0.1, 0.15) is 13.2 Å². The number of benzene rings is 2. The van der Waals surface area contributed by atoms with Gasteiger partial charge in [-0.15, -0.1) is 0 Å². The summed E-state index contributed by atoms with van der Waals surface area (Å²) in [4.78, 5) is 20.3. The minimum absolute atomic E-state index is 0.150. The molecule has 1 aliphatic rings. The van der Waals surface area contributed by atoms with Crippen molar-refractivity contribution in [2.24, 2.45) is 0 Å². The molecule has 0 fully saturated rings. The summed E-state index contributed by atoms with van der Waals surface area (Å²) in [6, 6.07) is 13.0. The van der Waals surface area contributed by atoms with Crippen LogP contribution in [0.1, 0.15) is 19.4 Å². The monoisotopic (exact) mass is 500 g/mol. The summed E-state index contributed by atoms with van der Waals surface area (Å²) in [7, 11) is 0. The van der Waals surface area contributed by atoms with Crippen LogP contribution in [0.5, 0.6) is 11.5 Å². The van der Waals surface area contributed by atoms with Crippen LogP contribution in [-0.4, -0.2) is 59.3 Å². The average molecular weight is 501 g/mol. The quantitative estimate of drug-likeness (QED) is 0.441. The van der Waals surface area contributed by atoms with E-state index in [1.54, 1.807) is 0 Å². The standard InChI is InChI=1S/C25H29ClN4O3S/c1-3-29(4-2)8-9-30(25(34)27-20-7-5-6-19(26)14-20)16-18-12-17-13-22-23(33-11-10-32-22)15-21(17)28-24(18)31/h5-7,12-15H,3-4,8-11,16H2,1-2H3,(H,27,34)(H,28,31). The van der Waals surface area contributed by atoms with Crippen molar-refractivity contribution in [2.75, 3.05) is 44.7 Å². The summed E-state index contributed by atoms with van der Waals surface area (Å²) >= 11 is 11.9. The van der Waals surface area contributed by atoms with E-state index >= 15 is 0 Å². The van der Waals surface area contributed by atoms with Crippen LogP contribution in [0.4, 0.5) is 5.69 Å². The molecule has 2 aromatic carbocycles. The first-order valence-corrected chi connectivity index (χ1v) is 12.2. The number of H-pyrrole nitrogens is 1. The minimum atomic E-state index is -0.150. The normalized spacial score (nSPS) is 12.7. The zero-order valence-corrected chi connectivity index (χ0v) is 21.0. The van der Waals surface area contributed by atoms with Gasteiger partial charge in [0.05, 0.1) is 12.1 Å². The van der Waals surface area contributed by atoms with Crippen LogP contribution in [0, 0.1) is 0 Å². The Bertz CT molecular complexity index is 1230. The third-order valence-electron chi connectivity index (χ3n) is 5.89. The highest BCUT2D eigenvalue weighted by molar-refractivity contribution is 7.80. The second kappa shape index (κ2) is 11.1. The van der Waals surface area contributed by atoms with Crippen molar-refractivity contribution in [3.8, 4) is 11.5 Å². The van der Waals surface area contributed by atoms with Crippen molar-refractivity contribution in [1.82, 2.24) is 14.8 Å². The smallest absolute Gasteiger partial charge is 0.253 e. The second-order valence-corrected chi connectivity index (χ2v) is 8.92. The predicted octanol–water partition coefficient (Wildman–Crippen LogP) is 4.49. The summed E-state index contributed by atoms with van der Waals surface area (Å²) in [6.45, 7) is 9.05. The highest BCUT2D eigenvalue weighted by Crippen LogP contribution is 2.33. The number of halogens is 1. The van der Waals surface area contributed by atoms with Crippen molar-refractivity contribution in [1.29, 1.82) is 0 Å². The Kier molecular flexibility index (Phi) is 7.92. The maximum Gasteiger partial charge on any atom is 0.253 e. The number of thiocarbonyl (C=S) groups is 1. The molecule has 1 aliphatic heterocycles. The van der Waals surface area contributed by atoms with Crippen molar-refractivity contribution in [2.45, 2.75) is 20.4 Å². The maximum atomic E-state index is 13.0. The van der Waals surface area contributed by atoms with Gasteiger partial charge in [-0.3, -0.25) is 4.79 Å². The molecule has 0 radical (unpaired) electrons. The summed E-state index contributed by atoms with van der Waals surface area (Å²) in [5.41, 5.74) is 2.00. The van der Waals surface area contributed by atoms with Crippen LogP contribution in [0.25, 0.3) is 10.9 Å². The van der Waals surface area contributed by atoms with Gasteiger partial charge in [-0.2, -0.15) is 0 Å². The maximum absolute atomic E-state index is 13.0. The number of likely N-dealkylation sites (N-methyl/N-ethyl adjacent to an activating group) is 1. The molecule has 0 unspecified atom stereocenters. The Morgan fingerprint density at radius 3 is 2.53 bits per heavy atom. The van der Waals surface area contributed by atoms with Crippen LogP contribution in [0.3, 0.4) is 0 Å². The lowest BCUT2D eigenvalue weighted by Crippen LogP contribution is -2.41. The van der Waals surface area contributed by atoms with E-state index in [0.717, 1.165) is 30.7 Å². The molecule has 0 saturated carbocycles. The summed E-state index contributed by atoms with van der Waals surface area (Å²) in [5.74, 6) is 1.34. The van der Waals surface area contributed by atoms with Crippen molar-refractivity contribution in [3.05, 3.63) is 63.4 Å². The lowest BCUT2D eigenvalue weighted by Gasteiger charge is -2.29. The Morgan fingerprint density at radius 1 is 1.09 bits per heavy atom. The van der Waals surface area contributed by atoms with Crippen LogP contribution < -0.4 is 20.3 Å². The Balaban J connectivity index is 1.60. The second-order valence-electron chi connectivity index (χ2n) is 8.10. The first-order chi connectivity index (χ1) is 16.5.